The van der Waals surface area contributed by atoms with E-state index in [9.17, 15) is 13.2 Å². The van der Waals surface area contributed by atoms with Crippen LogP contribution in [0.5, 0.6) is 0 Å². The molecular weight excluding hydrogens is 242 g/mol. The molecule has 0 bridgehead atoms. The molecular formula is C10H23N3O3S. The van der Waals surface area contributed by atoms with E-state index in [1.165, 1.54) is 10.6 Å². The monoisotopic (exact) mass is 265 g/mol. The van der Waals surface area contributed by atoms with Gasteiger partial charge >= 0.3 is 6.03 Å². The van der Waals surface area contributed by atoms with E-state index in [2.05, 4.69) is 10.6 Å². The molecule has 7 heteroatoms. The van der Waals surface area contributed by atoms with Gasteiger partial charge in [0.05, 0.1) is 6.26 Å². The second kappa shape index (κ2) is 7.50. The quantitative estimate of drug-likeness (QED) is 0.653. The number of hydrogen-bond acceptors (Lipinski definition) is 3. The molecule has 17 heavy (non-hydrogen) atoms. The zero-order valence-corrected chi connectivity index (χ0v) is 11.8. The maximum atomic E-state index is 11.3. The van der Waals surface area contributed by atoms with Crippen molar-refractivity contribution in [2.24, 2.45) is 0 Å². The van der Waals surface area contributed by atoms with Crippen LogP contribution in [-0.2, 0) is 10.0 Å². The summed E-state index contributed by atoms with van der Waals surface area (Å²) < 4.78 is 23.9. The van der Waals surface area contributed by atoms with Crippen LogP contribution in [0.1, 0.15) is 27.2 Å². The van der Waals surface area contributed by atoms with Crippen molar-refractivity contribution in [3.8, 4) is 0 Å². The van der Waals surface area contributed by atoms with E-state index in [0.29, 0.717) is 26.1 Å². The number of hydrogen-bond donors (Lipinski definition) is 2. The average molecular weight is 265 g/mol. The van der Waals surface area contributed by atoms with Crippen LogP contribution in [-0.4, -0.2) is 50.7 Å². The molecule has 0 unspecified atom stereocenters. The van der Waals surface area contributed by atoms with Crippen molar-refractivity contribution >= 4 is 16.1 Å². The van der Waals surface area contributed by atoms with Gasteiger partial charge in [-0.15, -0.1) is 0 Å². The molecule has 0 aromatic rings. The van der Waals surface area contributed by atoms with E-state index in [-0.39, 0.29) is 12.1 Å². The topological polar surface area (TPSA) is 78.5 Å². The van der Waals surface area contributed by atoms with E-state index in [4.69, 9.17) is 0 Å². The fourth-order valence-corrected chi connectivity index (χ4v) is 2.26. The standard InChI is InChI=1S/C10H23N3O3S/c1-5-13(17(4,15)16)8-6-7-11-10(14)12-9(2)3/h9H,5-8H2,1-4H3,(H2,11,12,14). The van der Waals surface area contributed by atoms with Crippen LogP contribution in [0.2, 0.25) is 0 Å². The lowest BCUT2D eigenvalue weighted by Crippen LogP contribution is -2.40. The van der Waals surface area contributed by atoms with E-state index in [1.807, 2.05) is 13.8 Å². The van der Waals surface area contributed by atoms with E-state index < -0.39 is 10.0 Å². The van der Waals surface area contributed by atoms with Gasteiger partial charge < -0.3 is 10.6 Å². The summed E-state index contributed by atoms with van der Waals surface area (Å²) in [6.07, 6.45) is 1.79. The summed E-state index contributed by atoms with van der Waals surface area (Å²) in [5.41, 5.74) is 0. The molecule has 0 aliphatic rings. The van der Waals surface area contributed by atoms with Crippen molar-refractivity contribution in [2.45, 2.75) is 33.2 Å². The van der Waals surface area contributed by atoms with Crippen LogP contribution < -0.4 is 10.6 Å². The molecule has 0 radical (unpaired) electrons. The van der Waals surface area contributed by atoms with Crippen molar-refractivity contribution in [3.05, 3.63) is 0 Å². The summed E-state index contributed by atoms with van der Waals surface area (Å²) in [6.45, 7) is 6.89. The molecule has 2 amide bonds. The molecule has 0 aliphatic heterocycles. The van der Waals surface area contributed by atoms with Gasteiger partial charge in [-0.2, -0.15) is 0 Å². The van der Waals surface area contributed by atoms with Gasteiger partial charge in [-0.3, -0.25) is 0 Å². The Labute approximate surface area is 104 Å². The fraction of sp³-hybridized carbons (Fsp3) is 0.900. The molecule has 0 rings (SSSR count). The molecule has 6 nitrogen and oxygen atoms in total. The maximum absolute atomic E-state index is 11.3. The molecule has 0 aromatic heterocycles. The maximum Gasteiger partial charge on any atom is 0.314 e. The number of carbonyl (C=O) groups is 1. The van der Waals surface area contributed by atoms with E-state index >= 15 is 0 Å². The first-order chi connectivity index (χ1) is 7.77. The Morgan fingerprint density at radius 3 is 2.35 bits per heavy atom. The second-order valence-electron chi connectivity index (χ2n) is 4.16. The molecule has 0 spiro atoms. The van der Waals surface area contributed by atoms with Crippen molar-refractivity contribution < 1.29 is 13.2 Å². The minimum Gasteiger partial charge on any atom is -0.338 e. The summed E-state index contributed by atoms with van der Waals surface area (Å²) >= 11 is 0. The Kier molecular flexibility index (Phi) is 7.13. The number of rotatable bonds is 7. The molecule has 0 aromatic carbocycles. The lowest BCUT2D eigenvalue weighted by Gasteiger charge is -2.17. The van der Waals surface area contributed by atoms with Gasteiger partial charge in [-0.25, -0.2) is 17.5 Å². The number of sulfonamides is 1. The van der Waals surface area contributed by atoms with Crippen molar-refractivity contribution in [2.75, 3.05) is 25.9 Å². The highest BCUT2D eigenvalue weighted by Crippen LogP contribution is 1.97. The van der Waals surface area contributed by atoms with Crippen LogP contribution in [0.3, 0.4) is 0 Å². The van der Waals surface area contributed by atoms with E-state index in [0.717, 1.165) is 0 Å². The Bertz CT molecular complexity index is 328. The molecule has 0 heterocycles. The Morgan fingerprint density at radius 1 is 1.35 bits per heavy atom. The SMILES string of the molecule is CCN(CCCNC(=O)NC(C)C)S(C)(=O)=O. The third kappa shape index (κ3) is 7.98. The average Bonchev–Trinajstić information content (AvgIpc) is 2.14. The Hall–Kier alpha value is -0.820. The minimum absolute atomic E-state index is 0.0955. The van der Waals surface area contributed by atoms with E-state index in [1.54, 1.807) is 6.92 Å². The number of nitrogens with one attached hydrogen (secondary N) is 2. The summed E-state index contributed by atoms with van der Waals surface area (Å²) in [6, 6.07) is -0.124. The molecule has 0 aliphatic carbocycles. The van der Waals surface area contributed by atoms with Gasteiger partial charge in [0.15, 0.2) is 0 Å². The number of nitrogens with zero attached hydrogens (tertiary/aromatic N) is 1. The first-order valence-electron chi connectivity index (χ1n) is 5.76. The Morgan fingerprint density at radius 2 is 1.94 bits per heavy atom. The highest BCUT2D eigenvalue weighted by molar-refractivity contribution is 7.88. The first kappa shape index (κ1) is 16.2. The van der Waals surface area contributed by atoms with Gasteiger partial charge in [-0.05, 0) is 20.3 Å². The largest absolute Gasteiger partial charge is 0.338 e. The first-order valence-corrected chi connectivity index (χ1v) is 7.61. The van der Waals surface area contributed by atoms with Gasteiger partial charge in [0.1, 0.15) is 0 Å². The van der Waals surface area contributed by atoms with Gasteiger partial charge in [-0.1, -0.05) is 6.92 Å². The van der Waals surface area contributed by atoms with Crippen LogP contribution in [0, 0.1) is 0 Å². The summed E-state index contributed by atoms with van der Waals surface area (Å²) in [4.78, 5) is 11.2. The van der Waals surface area contributed by atoms with Crippen molar-refractivity contribution in [1.82, 2.24) is 14.9 Å². The van der Waals surface area contributed by atoms with Crippen molar-refractivity contribution in [1.29, 1.82) is 0 Å². The highest BCUT2D eigenvalue weighted by Gasteiger charge is 2.13. The summed E-state index contributed by atoms with van der Waals surface area (Å²) in [7, 11) is -3.13. The normalized spacial score (nSPS) is 11.9. The van der Waals surface area contributed by atoms with Gasteiger partial charge in [0, 0.05) is 25.7 Å². The predicted octanol–water partition coefficient (Wildman–Crippen LogP) is 0.366. The highest BCUT2D eigenvalue weighted by atomic mass is 32.2. The number of urea groups is 1. The minimum atomic E-state index is -3.13. The second-order valence-corrected chi connectivity index (χ2v) is 6.15. The van der Waals surface area contributed by atoms with Crippen LogP contribution >= 0.6 is 0 Å². The molecule has 2 N–H and O–H groups in total. The van der Waals surface area contributed by atoms with Gasteiger partial charge in [0.25, 0.3) is 0 Å². The predicted molar refractivity (Wildman–Crippen MR) is 68.4 cm³/mol. The smallest absolute Gasteiger partial charge is 0.314 e. The zero-order chi connectivity index (χ0) is 13.5. The third-order valence-corrected chi connectivity index (χ3v) is 3.49. The summed E-state index contributed by atoms with van der Waals surface area (Å²) in [5.74, 6) is 0. The van der Waals surface area contributed by atoms with Crippen molar-refractivity contribution in [3.63, 3.8) is 0 Å². The zero-order valence-electron chi connectivity index (χ0n) is 11.0. The number of carbonyl (C=O) groups excluding carboxylic acids is 1. The molecule has 0 fully saturated rings. The van der Waals surface area contributed by atoms with Gasteiger partial charge in [0.2, 0.25) is 10.0 Å². The number of amides is 2. The Balaban J connectivity index is 3.81. The van der Waals surface area contributed by atoms with Crippen LogP contribution in [0.25, 0.3) is 0 Å². The molecule has 0 saturated carbocycles. The lowest BCUT2D eigenvalue weighted by molar-refractivity contribution is 0.238. The third-order valence-electron chi connectivity index (χ3n) is 2.11. The lowest BCUT2D eigenvalue weighted by atomic mass is 10.4. The van der Waals surface area contributed by atoms with Crippen LogP contribution in [0.15, 0.2) is 0 Å². The summed E-state index contributed by atoms with van der Waals surface area (Å²) in [5, 5.41) is 5.37. The fourth-order valence-electron chi connectivity index (χ4n) is 1.33. The molecule has 0 saturated heterocycles. The van der Waals surface area contributed by atoms with Crippen LogP contribution in [0.4, 0.5) is 4.79 Å². The molecule has 102 valence electrons. The molecule has 0 atom stereocenters.